The van der Waals surface area contributed by atoms with Crippen LogP contribution < -0.4 is 10.9 Å². The fourth-order valence-corrected chi connectivity index (χ4v) is 2.83. The molecule has 0 fully saturated rings. The Morgan fingerprint density at radius 2 is 2.04 bits per heavy atom. The summed E-state index contributed by atoms with van der Waals surface area (Å²) in [7, 11) is 1.85. The van der Waals surface area contributed by atoms with Crippen molar-refractivity contribution in [2.45, 2.75) is 33.4 Å². The molecule has 0 aliphatic heterocycles. The highest BCUT2D eigenvalue weighted by atomic mass is 16.3. The van der Waals surface area contributed by atoms with E-state index in [1.54, 1.807) is 36.1 Å². The number of aryl methyl sites for hydroxylation is 2. The number of carbonyl (C=O) groups is 1. The molecule has 0 saturated heterocycles. The van der Waals surface area contributed by atoms with Crippen LogP contribution in [0, 0.1) is 13.8 Å². The normalized spacial score (nSPS) is 12.2. The summed E-state index contributed by atoms with van der Waals surface area (Å²) >= 11 is 0. The summed E-state index contributed by atoms with van der Waals surface area (Å²) in [6.07, 6.45) is 1.54. The van der Waals surface area contributed by atoms with Gasteiger partial charge in [0.1, 0.15) is 11.8 Å². The van der Waals surface area contributed by atoms with Crippen LogP contribution in [0.4, 0.5) is 0 Å². The minimum Gasteiger partial charge on any atom is -0.467 e. The molecule has 3 aromatic heterocycles. The largest absolute Gasteiger partial charge is 0.467 e. The Hall–Kier alpha value is -3.16. The molecular weight excluding hydrogens is 334 g/mol. The molecule has 0 unspecified atom stereocenters. The molecule has 3 aromatic rings. The van der Waals surface area contributed by atoms with E-state index in [4.69, 9.17) is 4.42 Å². The van der Waals surface area contributed by atoms with Gasteiger partial charge in [0, 0.05) is 24.4 Å². The number of rotatable bonds is 5. The van der Waals surface area contributed by atoms with Crippen LogP contribution in [0.25, 0.3) is 11.3 Å². The summed E-state index contributed by atoms with van der Waals surface area (Å²) < 4.78 is 8.15. The van der Waals surface area contributed by atoms with Crippen LogP contribution in [-0.4, -0.2) is 25.5 Å². The molecule has 136 valence electrons. The first-order chi connectivity index (χ1) is 12.4. The van der Waals surface area contributed by atoms with E-state index >= 15 is 0 Å². The van der Waals surface area contributed by atoms with E-state index in [1.807, 2.05) is 20.9 Å². The second-order valence-electron chi connectivity index (χ2n) is 6.14. The van der Waals surface area contributed by atoms with Crippen LogP contribution in [0.2, 0.25) is 0 Å². The molecule has 26 heavy (non-hydrogen) atoms. The third kappa shape index (κ3) is 3.30. The van der Waals surface area contributed by atoms with Gasteiger partial charge in [-0.25, -0.2) is 4.68 Å². The number of hydrogen-bond donors (Lipinski definition) is 1. The van der Waals surface area contributed by atoms with Crippen LogP contribution >= 0.6 is 0 Å². The van der Waals surface area contributed by atoms with Gasteiger partial charge >= 0.3 is 0 Å². The molecule has 0 radical (unpaired) electrons. The third-order valence-corrected chi connectivity index (χ3v) is 4.35. The first-order valence-electron chi connectivity index (χ1n) is 8.29. The molecule has 1 amide bonds. The van der Waals surface area contributed by atoms with Crippen LogP contribution in [0.1, 0.15) is 30.1 Å². The topological polar surface area (TPSA) is 95.0 Å². The van der Waals surface area contributed by atoms with E-state index in [9.17, 15) is 9.59 Å². The number of furan rings is 1. The van der Waals surface area contributed by atoms with Gasteiger partial charge in [-0.3, -0.25) is 14.3 Å². The quantitative estimate of drug-likeness (QED) is 0.752. The van der Waals surface area contributed by atoms with Crippen molar-refractivity contribution in [1.82, 2.24) is 24.9 Å². The smallest absolute Gasteiger partial charge is 0.267 e. The predicted molar refractivity (Wildman–Crippen MR) is 95.4 cm³/mol. The second kappa shape index (κ2) is 6.99. The van der Waals surface area contributed by atoms with E-state index in [-0.39, 0.29) is 18.0 Å². The Labute approximate surface area is 150 Å². The molecule has 0 aliphatic rings. The van der Waals surface area contributed by atoms with Gasteiger partial charge in [0.15, 0.2) is 0 Å². The fourth-order valence-electron chi connectivity index (χ4n) is 2.83. The molecule has 3 heterocycles. The second-order valence-corrected chi connectivity index (χ2v) is 6.14. The van der Waals surface area contributed by atoms with E-state index < -0.39 is 6.04 Å². The fraction of sp³-hybridized carbons (Fsp3) is 0.333. The standard InChI is InChI=1S/C18H21N5O3/c1-11-17(12(2)22(4)20-11)15-7-8-16(24)23(21-15)13(3)18(25)19-10-14-6-5-9-26-14/h5-9,13H,10H2,1-4H3,(H,19,25)/t13-/m0/s1. The van der Waals surface area contributed by atoms with Gasteiger partial charge in [-0.05, 0) is 39.0 Å². The molecule has 8 heteroatoms. The molecule has 0 bridgehead atoms. The highest BCUT2D eigenvalue weighted by Crippen LogP contribution is 2.24. The molecule has 0 spiro atoms. The van der Waals surface area contributed by atoms with Crippen molar-refractivity contribution >= 4 is 5.91 Å². The predicted octanol–water partition coefficient (Wildman–Crippen LogP) is 1.73. The van der Waals surface area contributed by atoms with Crippen molar-refractivity contribution in [3.05, 3.63) is 58.0 Å². The summed E-state index contributed by atoms with van der Waals surface area (Å²) in [5.41, 5.74) is 2.89. The zero-order chi connectivity index (χ0) is 18.8. The number of carbonyl (C=O) groups excluding carboxylic acids is 1. The Bertz CT molecular complexity index is 985. The molecule has 3 rings (SSSR count). The number of nitrogens with one attached hydrogen (secondary N) is 1. The summed E-state index contributed by atoms with van der Waals surface area (Å²) in [6.45, 7) is 5.72. The maximum Gasteiger partial charge on any atom is 0.267 e. The minimum atomic E-state index is -0.755. The number of hydrogen-bond acceptors (Lipinski definition) is 5. The van der Waals surface area contributed by atoms with Crippen molar-refractivity contribution in [1.29, 1.82) is 0 Å². The lowest BCUT2D eigenvalue weighted by Crippen LogP contribution is -2.36. The van der Waals surface area contributed by atoms with Crippen LogP contribution in [0.3, 0.4) is 0 Å². The zero-order valence-corrected chi connectivity index (χ0v) is 15.2. The number of nitrogens with zero attached hydrogens (tertiary/aromatic N) is 4. The van der Waals surface area contributed by atoms with E-state index in [0.717, 1.165) is 17.0 Å². The Kier molecular flexibility index (Phi) is 4.75. The number of amides is 1. The van der Waals surface area contributed by atoms with Crippen molar-refractivity contribution in [3.63, 3.8) is 0 Å². The summed E-state index contributed by atoms with van der Waals surface area (Å²) in [6, 6.07) is 5.84. The SMILES string of the molecule is Cc1nn(C)c(C)c1-c1ccc(=O)n([C@@H](C)C(=O)NCc2ccco2)n1. The van der Waals surface area contributed by atoms with E-state index in [2.05, 4.69) is 15.5 Å². The lowest BCUT2D eigenvalue weighted by Gasteiger charge is -2.14. The molecule has 0 saturated carbocycles. The number of aromatic nitrogens is 4. The molecule has 0 aliphatic carbocycles. The highest BCUT2D eigenvalue weighted by Gasteiger charge is 2.20. The van der Waals surface area contributed by atoms with Gasteiger partial charge in [-0.2, -0.15) is 10.2 Å². The maximum absolute atomic E-state index is 12.4. The molecule has 8 nitrogen and oxygen atoms in total. The summed E-state index contributed by atoms with van der Waals surface area (Å²) in [5.74, 6) is 0.328. The average Bonchev–Trinajstić information content (AvgIpc) is 3.21. The molecular formula is C18H21N5O3. The van der Waals surface area contributed by atoms with Crippen molar-refractivity contribution in [2.75, 3.05) is 0 Å². The lowest BCUT2D eigenvalue weighted by atomic mass is 10.1. The third-order valence-electron chi connectivity index (χ3n) is 4.35. The Balaban J connectivity index is 1.87. The van der Waals surface area contributed by atoms with Gasteiger partial charge in [-0.1, -0.05) is 0 Å². The highest BCUT2D eigenvalue weighted by molar-refractivity contribution is 5.79. The minimum absolute atomic E-state index is 0.255. The molecule has 0 aromatic carbocycles. The van der Waals surface area contributed by atoms with Crippen LogP contribution in [-0.2, 0) is 18.4 Å². The Morgan fingerprint density at radius 1 is 1.27 bits per heavy atom. The van der Waals surface area contributed by atoms with Gasteiger partial charge in [0.25, 0.3) is 5.56 Å². The van der Waals surface area contributed by atoms with Gasteiger partial charge < -0.3 is 9.73 Å². The maximum atomic E-state index is 12.4. The van der Waals surface area contributed by atoms with Gasteiger partial charge in [-0.15, -0.1) is 0 Å². The zero-order valence-electron chi connectivity index (χ0n) is 15.2. The summed E-state index contributed by atoms with van der Waals surface area (Å²) in [4.78, 5) is 24.6. The van der Waals surface area contributed by atoms with Crippen molar-refractivity contribution in [2.24, 2.45) is 7.05 Å². The summed E-state index contributed by atoms with van der Waals surface area (Å²) in [5, 5.41) is 11.5. The monoisotopic (exact) mass is 355 g/mol. The van der Waals surface area contributed by atoms with Crippen molar-refractivity contribution < 1.29 is 9.21 Å². The van der Waals surface area contributed by atoms with E-state index in [0.29, 0.717) is 11.5 Å². The first kappa shape index (κ1) is 17.7. The molecule has 1 atom stereocenters. The van der Waals surface area contributed by atoms with Gasteiger partial charge in [0.2, 0.25) is 5.91 Å². The van der Waals surface area contributed by atoms with Crippen LogP contribution in [0.5, 0.6) is 0 Å². The Morgan fingerprint density at radius 3 is 2.65 bits per heavy atom. The lowest BCUT2D eigenvalue weighted by molar-refractivity contribution is -0.124. The average molecular weight is 355 g/mol. The first-order valence-corrected chi connectivity index (χ1v) is 8.29. The van der Waals surface area contributed by atoms with E-state index in [1.165, 1.54) is 10.7 Å². The van der Waals surface area contributed by atoms with Crippen LogP contribution in [0.15, 0.2) is 39.7 Å². The van der Waals surface area contributed by atoms with Crippen molar-refractivity contribution in [3.8, 4) is 11.3 Å². The van der Waals surface area contributed by atoms with Gasteiger partial charge in [0.05, 0.1) is 24.2 Å². The molecule has 1 N–H and O–H groups in total.